The molecule has 2 N–H and O–H groups in total. The Hall–Kier alpha value is -2.07. The molecule has 1 aromatic heterocycles. The van der Waals surface area contributed by atoms with Crippen LogP contribution in [-0.2, 0) is 17.8 Å². The van der Waals surface area contributed by atoms with Gasteiger partial charge in [-0.25, -0.2) is 0 Å². The van der Waals surface area contributed by atoms with E-state index in [-0.39, 0.29) is 12.5 Å². The second-order valence-electron chi connectivity index (χ2n) is 4.51. The molecule has 4 nitrogen and oxygen atoms in total. The first-order valence-electron chi connectivity index (χ1n) is 6.21. The van der Waals surface area contributed by atoms with Crippen LogP contribution in [-0.4, -0.2) is 11.1 Å². The third kappa shape index (κ3) is 3.96. The minimum Gasteiger partial charge on any atom is -0.481 e. The standard InChI is InChI=1S/C15H17NO3/c1-11(14-3-2-8-19-14)16-10-13-6-4-12(5-7-13)9-15(17)18/h2-8,11,16H,9-10H2,1H3,(H,17,18)/t11-/m0/s1. The van der Waals surface area contributed by atoms with Crippen LogP contribution in [0.25, 0.3) is 0 Å². The third-order valence-electron chi connectivity index (χ3n) is 2.96. The molecule has 1 atom stereocenters. The minimum atomic E-state index is -0.808. The number of hydrogen-bond acceptors (Lipinski definition) is 3. The van der Waals surface area contributed by atoms with Crippen LogP contribution in [0, 0.1) is 0 Å². The van der Waals surface area contributed by atoms with Gasteiger partial charge in [-0.1, -0.05) is 24.3 Å². The smallest absolute Gasteiger partial charge is 0.307 e. The Kier molecular flexibility index (Phi) is 4.36. The highest BCUT2D eigenvalue weighted by Crippen LogP contribution is 2.13. The minimum absolute atomic E-state index is 0.0660. The van der Waals surface area contributed by atoms with Gasteiger partial charge >= 0.3 is 5.97 Å². The fraction of sp³-hybridized carbons (Fsp3) is 0.267. The van der Waals surface area contributed by atoms with E-state index < -0.39 is 5.97 Å². The summed E-state index contributed by atoms with van der Waals surface area (Å²) in [6.45, 7) is 2.76. The van der Waals surface area contributed by atoms with E-state index in [1.165, 1.54) is 0 Å². The second-order valence-corrected chi connectivity index (χ2v) is 4.51. The van der Waals surface area contributed by atoms with Gasteiger partial charge in [0.05, 0.1) is 18.7 Å². The van der Waals surface area contributed by atoms with E-state index in [9.17, 15) is 4.79 Å². The van der Waals surface area contributed by atoms with Gasteiger partial charge in [-0.05, 0) is 30.2 Å². The molecule has 0 spiro atoms. The summed E-state index contributed by atoms with van der Waals surface area (Å²) in [6, 6.07) is 11.5. The molecule has 0 saturated carbocycles. The molecule has 19 heavy (non-hydrogen) atoms. The van der Waals surface area contributed by atoms with Gasteiger partial charge in [0.1, 0.15) is 5.76 Å². The Balaban J connectivity index is 1.88. The van der Waals surface area contributed by atoms with Crippen molar-refractivity contribution in [3.05, 3.63) is 59.5 Å². The summed E-state index contributed by atoms with van der Waals surface area (Å²) in [4.78, 5) is 10.6. The SMILES string of the molecule is C[C@H](NCc1ccc(CC(=O)O)cc1)c1ccco1. The molecular formula is C15H17NO3. The molecule has 2 rings (SSSR count). The van der Waals surface area contributed by atoms with Gasteiger partial charge in [0.2, 0.25) is 0 Å². The number of carboxylic acid groups (broad SMARTS) is 1. The molecule has 0 aliphatic rings. The van der Waals surface area contributed by atoms with E-state index in [0.717, 1.165) is 23.4 Å². The Morgan fingerprint density at radius 1 is 1.26 bits per heavy atom. The van der Waals surface area contributed by atoms with Crippen LogP contribution in [0.5, 0.6) is 0 Å². The third-order valence-corrected chi connectivity index (χ3v) is 2.96. The molecule has 0 unspecified atom stereocenters. The second kappa shape index (κ2) is 6.20. The summed E-state index contributed by atoms with van der Waals surface area (Å²) in [5.41, 5.74) is 1.93. The molecule has 100 valence electrons. The number of rotatable bonds is 6. The van der Waals surface area contributed by atoms with Crippen molar-refractivity contribution >= 4 is 5.97 Å². The first-order valence-corrected chi connectivity index (χ1v) is 6.21. The van der Waals surface area contributed by atoms with Crippen molar-refractivity contribution in [2.75, 3.05) is 0 Å². The lowest BCUT2D eigenvalue weighted by atomic mass is 10.1. The van der Waals surface area contributed by atoms with Crippen LogP contribution >= 0.6 is 0 Å². The predicted octanol–water partition coefficient (Wildman–Crippen LogP) is 2.76. The Labute approximate surface area is 112 Å². The van der Waals surface area contributed by atoms with Crippen LogP contribution in [0.3, 0.4) is 0 Å². The maximum Gasteiger partial charge on any atom is 0.307 e. The van der Waals surface area contributed by atoms with Crippen LogP contribution in [0.1, 0.15) is 29.9 Å². The van der Waals surface area contributed by atoms with Gasteiger partial charge in [0.15, 0.2) is 0 Å². The number of furan rings is 1. The molecule has 1 heterocycles. The van der Waals surface area contributed by atoms with Crippen molar-refractivity contribution < 1.29 is 14.3 Å². The highest BCUT2D eigenvalue weighted by molar-refractivity contribution is 5.70. The number of carboxylic acids is 1. The zero-order valence-electron chi connectivity index (χ0n) is 10.8. The summed E-state index contributed by atoms with van der Waals surface area (Å²) in [5.74, 6) is 0.0970. The van der Waals surface area contributed by atoms with Crippen LogP contribution < -0.4 is 5.32 Å². The van der Waals surface area contributed by atoms with Crippen molar-refractivity contribution in [3.8, 4) is 0 Å². The Bertz CT molecular complexity index is 517. The van der Waals surface area contributed by atoms with Crippen molar-refractivity contribution in [2.45, 2.75) is 25.9 Å². The molecule has 0 aliphatic heterocycles. The maximum absolute atomic E-state index is 10.6. The quantitative estimate of drug-likeness (QED) is 0.837. The van der Waals surface area contributed by atoms with Gasteiger partial charge in [-0.15, -0.1) is 0 Å². The highest BCUT2D eigenvalue weighted by Gasteiger charge is 2.07. The molecule has 1 aromatic carbocycles. The Morgan fingerprint density at radius 3 is 2.53 bits per heavy atom. The normalized spacial score (nSPS) is 12.3. The number of hydrogen-bond donors (Lipinski definition) is 2. The largest absolute Gasteiger partial charge is 0.481 e. The van der Waals surface area contributed by atoms with Gasteiger partial charge < -0.3 is 14.8 Å². The highest BCUT2D eigenvalue weighted by atomic mass is 16.4. The lowest BCUT2D eigenvalue weighted by molar-refractivity contribution is -0.136. The monoisotopic (exact) mass is 259 g/mol. The topological polar surface area (TPSA) is 62.5 Å². The van der Waals surface area contributed by atoms with Crippen molar-refractivity contribution in [2.24, 2.45) is 0 Å². The number of aliphatic carboxylic acids is 1. The summed E-state index contributed by atoms with van der Waals surface area (Å²) >= 11 is 0. The predicted molar refractivity (Wildman–Crippen MR) is 71.7 cm³/mol. The molecule has 0 bridgehead atoms. The average molecular weight is 259 g/mol. The summed E-state index contributed by atoms with van der Waals surface area (Å²) in [6.07, 6.45) is 1.73. The summed E-state index contributed by atoms with van der Waals surface area (Å²) < 4.78 is 5.32. The molecule has 0 fully saturated rings. The van der Waals surface area contributed by atoms with E-state index >= 15 is 0 Å². The van der Waals surface area contributed by atoms with Crippen molar-refractivity contribution in [1.82, 2.24) is 5.32 Å². The van der Waals surface area contributed by atoms with Crippen molar-refractivity contribution in [3.63, 3.8) is 0 Å². The maximum atomic E-state index is 10.6. The molecular weight excluding hydrogens is 242 g/mol. The molecule has 0 radical (unpaired) electrons. The zero-order valence-corrected chi connectivity index (χ0v) is 10.8. The average Bonchev–Trinajstić information content (AvgIpc) is 2.91. The molecule has 0 amide bonds. The van der Waals surface area contributed by atoms with Gasteiger partial charge in [-0.2, -0.15) is 0 Å². The Morgan fingerprint density at radius 2 is 1.95 bits per heavy atom. The molecule has 4 heteroatoms. The van der Waals surface area contributed by atoms with E-state index in [1.807, 2.05) is 43.3 Å². The number of benzene rings is 1. The van der Waals surface area contributed by atoms with Crippen LogP contribution in [0.4, 0.5) is 0 Å². The summed E-state index contributed by atoms with van der Waals surface area (Å²) in [5, 5.41) is 12.0. The summed E-state index contributed by atoms with van der Waals surface area (Å²) in [7, 11) is 0. The first-order chi connectivity index (χ1) is 9.15. The van der Waals surface area contributed by atoms with Gasteiger partial charge in [-0.3, -0.25) is 4.79 Å². The molecule has 0 saturated heterocycles. The van der Waals surface area contributed by atoms with Crippen LogP contribution in [0.15, 0.2) is 47.1 Å². The molecule has 2 aromatic rings. The van der Waals surface area contributed by atoms with Gasteiger partial charge in [0.25, 0.3) is 0 Å². The number of carbonyl (C=O) groups is 1. The van der Waals surface area contributed by atoms with E-state index in [2.05, 4.69) is 5.32 Å². The fourth-order valence-corrected chi connectivity index (χ4v) is 1.86. The fourth-order valence-electron chi connectivity index (χ4n) is 1.86. The van der Waals surface area contributed by atoms with Crippen molar-refractivity contribution in [1.29, 1.82) is 0 Å². The number of nitrogens with one attached hydrogen (secondary N) is 1. The lowest BCUT2D eigenvalue weighted by Crippen LogP contribution is -2.17. The molecule has 0 aliphatic carbocycles. The van der Waals surface area contributed by atoms with Crippen LogP contribution in [0.2, 0.25) is 0 Å². The van der Waals surface area contributed by atoms with E-state index in [4.69, 9.17) is 9.52 Å². The lowest BCUT2D eigenvalue weighted by Gasteiger charge is -2.11. The zero-order chi connectivity index (χ0) is 13.7. The van der Waals surface area contributed by atoms with Gasteiger partial charge in [0, 0.05) is 6.54 Å². The first kappa shape index (κ1) is 13.4. The van der Waals surface area contributed by atoms with E-state index in [0.29, 0.717) is 0 Å². The van der Waals surface area contributed by atoms with E-state index in [1.54, 1.807) is 6.26 Å².